The first kappa shape index (κ1) is 17.5. The first-order valence-corrected chi connectivity index (χ1v) is 8.36. The van der Waals surface area contributed by atoms with Gasteiger partial charge in [0.25, 0.3) is 5.69 Å². The number of nitrogens with zero attached hydrogens (tertiary/aromatic N) is 2. The number of halogens is 1. The summed E-state index contributed by atoms with van der Waals surface area (Å²) in [5.41, 5.74) is 0.944. The lowest BCUT2D eigenvalue weighted by molar-refractivity contribution is -0.384. The molecule has 1 saturated heterocycles. The molecule has 0 saturated carbocycles. The molecule has 1 amide bonds. The number of carbonyl (C=O) groups excluding carboxylic acids is 1. The Morgan fingerprint density at radius 3 is 2.83 bits per heavy atom. The van der Waals surface area contributed by atoms with Crippen molar-refractivity contribution in [3.8, 4) is 0 Å². The van der Waals surface area contributed by atoms with Gasteiger partial charge in [-0.2, -0.15) is 0 Å². The maximum atomic E-state index is 11.8. The Morgan fingerprint density at radius 2 is 2.22 bits per heavy atom. The molecule has 7 heteroatoms. The van der Waals surface area contributed by atoms with Gasteiger partial charge in [0, 0.05) is 25.1 Å². The van der Waals surface area contributed by atoms with E-state index in [0.29, 0.717) is 17.8 Å². The fourth-order valence-corrected chi connectivity index (χ4v) is 3.12. The molecule has 0 radical (unpaired) electrons. The lowest BCUT2D eigenvalue weighted by Gasteiger charge is -2.35. The number of piperidine rings is 1. The average molecular weight is 340 g/mol. The highest BCUT2D eigenvalue weighted by Gasteiger charge is 2.27. The van der Waals surface area contributed by atoms with Gasteiger partial charge in [0.2, 0.25) is 5.91 Å². The Kier molecular flexibility index (Phi) is 5.82. The Balaban J connectivity index is 2.41. The minimum absolute atomic E-state index is 0.0164. The van der Waals surface area contributed by atoms with Crippen molar-refractivity contribution in [2.75, 3.05) is 16.8 Å². The summed E-state index contributed by atoms with van der Waals surface area (Å²) in [6, 6.07) is 3.19. The molecule has 0 aliphatic carbocycles. The van der Waals surface area contributed by atoms with Crippen LogP contribution in [-0.4, -0.2) is 23.4 Å². The molecule has 2 rings (SSSR count). The second kappa shape index (κ2) is 7.64. The molecular weight excluding hydrogens is 318 g/mol. The third kappa shape index (κ3) is 4.13. The van der Waals surface area contributed by atoms with Crippen LogP contribution in [0.2, 0.25) is 5.02 Å². The van der Waals surface area contributed by atoms with E-state index < -0.39 is 4.92 Å². The van der Waals surface area contributed by atoms with Gasteiger partial charge >= 0.3 is 0 Å². The van der Waals surface area contributed by atoms with E-state index in [1.54, 1.807) is 6.07 Å². The molecule has 1 atom stereocenters. The lowest BCUT2D eigenvalue weighted by atomic mass is 10.0. The van der Waals surface area contributed by atoms with Crippen LogP contribution < -0.4 is 10.2 Å². The topological polar surface area (TPSA) is 75.5 Å². The second-order valence-corrected chi connectivity index (χ2v) is 6.32. The summed E-state index contributed by atoms with van der Waals surface area (Å²) >= 11 is 6.13. The molecule has 23 heavy (non-hydrogen) atoms. The highest BCUT2D eigenvalue weighted by Crippen LogP contribution is 2.39. The first-order chi connectivity index (χ1) is 10.9. The average Bonchev–Trinajstić information content (AvgIpc) is 2.49. The van der Waals surface area contributed by atoms with Crippen molar-refractivity contribution in [1.29, 1.82) is 0 Å². The molecule has 1 fully saturated rings. The lowest BCUT2D eigenvalue weighted by Crippen LogP contribution is -2.37. The van der Waals surface area contributed by atoms with Gasteiger partial charge < -0.3 is 10.2 Å². The van der Waals surface area contributed by atoms with E-state index in [-0.39, 0.29) is 22.7 Å². The summed E-state index contributed by atoms with van der Waals surface area (Å²) in [5.74, 6) is -0.138. The van der Waals surface area contributed by atoms with Gasteiger partial charge in [-0.15, -0.1) is 0 Å². The Labute approximate surface area is 141 Å². The maximum Gasteiger partial charge on any atom is 0.294 e. The predicted octanol–water partition coefficient (Wildman–Crippen LogP) is 4.37. The highest BCUT2D eigenvalue weighted by atomic mass is 35.5. The molecule has 1 aliphatic rings. The zero-order valence-corrected chi connectivity index (χ0v) is 14.2. The number of amides is 1. The van der Waals surface area contributed by atoms with Crippen LogP contribution in [0.25, 0.3) is 0 Å². The SMILES string of the molecule is CCCC(=O)Nc1cc(N2CCCCC2C)c([N+](=O)[O-])cc1Cl. The maximum absolute atomic E-state index is 11.8. The van der Waals surface area contributed by atoms with Crippen LogP contribution >= 0.6 is 11.6 Å². The fourth-order valence-electron chi connectivity index (χ4n) is 2.92. The molecule has 1 aromatic carbocycles. The van der Waals surface area contributed by atoms with Gasteiger partial charge in [0.1, 0.15) is 5.69 Å². The Bertz CT molecular complexity index is 606. The summed E-state index contributed by atoms with van der Waals surface area (Å²) in [6.07, 6.45) is 4.24. The van der Waals surface area contributed by atoms with Crippen LogP contribution in [0.4, 0.5) is 17.1 Å². The van der Waals surface area contributed by atoms with Crippen LogP contribution in [0.15, 0.2) is 12.1 Å². The van der Waals surface area contributed by atoms with E-state index in [2.05, 4.69) is 12.2 Å². The normalized spacial score (nSPS) is 17.9. The summed E-state index contributed by atoms with van der Waals surface area (Å²) in [5, 5.41) is 14.3. The zero-order chi connectivity index (χ0) is 17.0. The van der Waals surface area contributed by atoms with E-state index in [0.717, 1.165) is 32.2 Å². The van der Waals surface area contributed by atoms with Gasteiger partial charge in [-0.05, 0) is 38.7 Å². The molecule has 126 valence electrons. The number of anilines is 2. The van der Waals surface area contributed by atoms with Crippen LogP contribution in [0.5, 0.6) is 0 Å². The predicted molar refractivity (Wildman–Crippen MR) is 92.3 cm³/mol. The van der Waals surface area contributed by atoms with Gasteiger partial charge in [-0.1, -0.05) is 18.5 Å². The van der Waals surface area contributed by atoms with E-state index in [1.807, 2.05) is 11.8 Å². The fraction of sp³-hybridized carbons (Fsp3) is 0.562. The molecule has 1 unspecified atom stereocenters. The van der Waals surface area contributed by atoms with Crippen LogP contribution in [0.3, 0.4) is 0 Å². The van der Waals surface area contributed by atoms with Crippen LogP contribution in [0, 0.1) is 10.1 Å². The molecule has 1 heterocycles. The summed E-state index contributed by atoms with van der Waals surface area (Å²) in [6.45, 7) is 4.75. The molecule has 0 spiro atoms. The molecule has 0 aromatic heterocycles. The summed E-state index contributed by atoms with van der Waals surface area (Å²) < 4.78 is 0. The molecule has 1 aromatic rings. The number of nitro groups is 1. The van der Waals surface area contributed by atoms with Crippen molar-refractivity contribution >= 4 is 34.6 Å². The molecule has 0 bridgehead atoms. The standard InChI is InChI=1S/C16H22ClN3O3/c1-3-6-16(21)18-13-10-14(15(20(22)23)9-12(13)17)19-8-5-4-7-11(19)2/h9-11H,3-8H2,1-2H3,(H,18,21). The van der Waals surface area contributed by atoms with E-state index in [9.17, 15) is 14.9 Å². The Morgan fingerprint density at radius 1 is 1.48 bits per heavy atom. The van der Waals surface area contributed by atoms with Crippen molar-refractivity contribution in [3.63, 3.8) is 0 Å². The third-order valence-corrected chi connectivity index (χ3v) is 4.44. The van der Waals surface area contributed by atoms with Crippen LogP contribution in [-0.2, 0) is 4.79 Å². The minimum Gasteiger partial charge on any atom is -0.363 e. The van der Waals surface area contributed by atoms with E-state index >= 15 is 0 Å². The van der Waals surface area contributed by atoms with Crippen LogP contribution in [0.1, 0.15) is 46.0 Å². The summed E-state index contributed by atoms with van der Waals surface area (Å²) in [4.78, 5) is 24.8. The van der Waals surface area contributed by atoms with Crippen molar-refractivity contribution < 1.29 is 9.72 Å². The number of hydrogen-bond acceptors (Lipinski definition) is 4. The number of nitro benzene ring substituents is 1. The van der Waals surface area contributed by atoms with Gasteiger partial charge in [-0.3, -0.25) is 14.9 Å². The number of hydrogen-bond donors (Lipinski definition) is 1. The summed E-state index contributed by atoms with van der Waals surface area (Å²) in [7, 11) is 0. The third-order valence-electron chi connectivity index (χ3n) is 4.12. The second-order valence-electron chi connectivity index (χ2n) is 5.91. The number of nitrogens with one attached hydrogen (secondary N) is 1. The first-order valence-electron chi connectivity index (χ1n) is 7.98. The van der Waals surface area contributed by atoms with Crippen molar-refractivity contribution in [2.24, 2.45) is 0 Å². The van der Waals surface area contributed by atoms with E-state index in [1.165, 1.54) is 6.07 Å². The largest absolute Gasteiger partial charge is 0.363 e. The molecule has 1 N–H and O–H groups in total. The number of benzene rings is 1. The minimum atomic E-state index is -0.416. The van der Waals surface area contributed by atoms with Gasteiger partial charge in [0.15, 0.2) is 0 Å². The number of carbonyl (C=O) groups is 1. The molecule has 1 aliphatic heterocycles. The van der Waals surface area contributed by atoms with Crippen molar-refractivity contribution in [1.82, 2.24) is 0 Å². The zero-order valence-electron chi connectivity index (χ0n) is 13.5. The van der Waals surface area contributed by atoms with Crippen molar-refractivity contribution in [2.45, 2.75) is 52.0 Å². The molecular formula is C16H22ClN3O3. The highest BCUT2D eigenvalue weighted by molar-refractivity contribution is 6.34. The number of rotatable bonds is 5. The monoisotopic (exact) mass is 339 g/mol. The van der Waals surface area contributed by atoms with E-state index in [4.69, 9.17) is 11.6 Å². The molecule has 6 nitrogen and oxygen atoms in total. The quantitative estimate of drug-likeness (QED) is 0.638. The van der Waals surface area contributed by atoms with Crippen molar-refractivity contribution in [3.05, 3.63) is 27.3 Å². The Hall–Kier alpha value is -1.82. The van der Waals surface area contributed by atoms with Gasteiger partial charge in [0.05, 0.1) is 15.6 Å². The van der Waals surface area contributed by atoms with Gasteiger partial charge in [-0.25, -0.2) is 0 Å². The smallest absolute Gasteiger partial charge is 0.294 e.